The zero-order chi connectivity index (χ0) is 11.7. The van der Waals surface area contributed by atoms with Gasteiger partial charge in [0.25, 0.3) is 0 Å². The van der Waals surface area contributed by atoms with Gasteiger partial charge in [-0.3, -0.25) is 4.57 Å². The van der Waals surface area contributed by atoms with Gasteiger partial charge >= 0.3 is 11.7 Å². The van der Waals surface area contributed by atoms with Gasteiger partial charge in [-0.1, -0.05) is 0 Å². The van der Waals surface area contributed by atoms with Gasteiger partial charge in [0.2, 0.25) is 0 Å². The topological polar surface area (TPSA) is 75.1 Å². The van der Waals surface area contributed by atoms with Gasteiger partial charge in [0.15, 0.2) is 0 Å². The molecular weight excluding hydrogens is 208 g/mol. The Morgan fingerprint density at radius 3 is 2.69 bits per heavy atom. The predicted octanol–water partition coefficient (Wildman–Crippen LogP) is 1.17. The first-order chi connectivity index (χ1) is 7.59. The highest BCUT2D eigenvalue weighted by Crippen LogP contribution is 2.13. The molecule has 5 nitrogen and oxygen atoms in total. The summed E-state index contributed by atoms with van der Waals surface area (Å²) in [4.78, 5) is 24.7. The van der Waals surface area contributed by atoms with Crippen LogP contribution in [-0.2, 0) is 0 Å². The Balaban J connectivity index is 2.54. The van der Waals surface area contributed by atoms with Crippen molar-refractivity contribution in [2.24, 2.45) is 0 Å². The van der Waals surface area contributed by atoms with Gasteiger partial charge in [-0.2, -0.15) is 0 Å². The highest BCUT2D eigenvalue weighted by molar-refractivity contribution is 5.89. The number of aryl methyl sites for hydroxylation is 1. The summed E-state index contributed by atoms with van der Waals surface area (Å²) in [5.74, 6) is -0.967. The molecule has 0 radical (unpaired) electrons. The molecule has 0 aliphatic rings. The van der Waals surface area contributed by atoms with E-state index in [0.717, 1.165) is 0 Å². The van der Waals surface area contributed by atoms with E-state index in [1.807, 2.05) is 0 Å². The van der Waals surface area contributed by atoms with Crippen LogP contribution in [0.25, 0.3) is 5.69 Å². The van der Waals surface area contributed by atoms with Gasteiger partial charge in [-0.05, 0) is 30.7 Å². The van der Waals surface area contributed by atoms with Crippen molar-refractivity contribution in [2.45, 2.75) is 6.92 Å². The fourth-order valence-electron chi connectivity index (χ4n) is 1.56. The highest BCUT2D eigenvalue weighted by atomic mass is 16.4. The zero-order valence-electron chi connectivity index (χ0n) is 8.60. The number of imidazole rings is 1. The molecule has 1 aromatic heterocycles. The van der Waals surface area contributed by atoms with E-state index in [9.17, 15) is 9.59 Å². The third-order valence-electron chi connectivity index (χ3n) is 2.37. The summed E-state index contributed by atoms with van der Waals surface area (Å²) in [5, 5.41) is 8.87. The van der Waals surface area contributed by atoms with Crippen LogP contribution in [0.3, 0.4) is 0 Å². The van der Waals surface area contributed by atoms with E-state index < -0.39 is 5.97 Å². The van der Waals surface area contributed by atoms with Crippen molar-refractivity contribution in [3.63, 3.8) is 0 Å². The molecule has 0 spiro atoms. The SMILES string of the molecule is Cc1cc(-n2cc[nH]c2=O)ccc1C(=O)O. The Labute approximate surface area is 91.0 Å². The van der Waals surface area contributed by atoms with E-state index in [1.54, 1.807) is 25.3 Å². The molecule has 0 atom stereocenters. The fraction of sp³-hybridized carbons (Fsp3) is 0.0909. The molecule has 2 aromatic rings. The van der Waals surface area contributed by atoms with E-state index in [0.29, 0.717) is 11.3 Å². The van der Waals surface area contributed by atoms with Gasteiger partial charge in [0.1, 0.15) is 0 Å². The van der Waals surface area contributed by atoms with Crippen molar-refractivity contribution in [1.82, 2.24) is 9.55 Å². The number of aromatic nitrogens is 2. The molecule has 2 N–H and O–H groups in total. The minimum absolute atomic E-state index is 0.243. The standard InChI is InChI=1S/C11H10N2O3/c1-7-6-8(2-3-9(7)10(14)15)13-5-4-12-11(13)16/h2-6H,1H3,(H,12,16)(H,14,15). The molecule has 0 amide bonds. The summed E-state index contributed by atoms with van der Waals surface area (Å²) in [6, 6.07) is 4.76. The van der Waals surface area contributed by atoms with Crippen LogP contribution in [0.1, 0.15) is 15.9 Å². The molecule has 2 rings (SSSR count). The fourth-order valence-corrected chi connectivity index (χ4v) is 1.56. The summed E-state index contributed by atoms with van der Waals surface area (Å²) < 4.78 is 1.42. The van der Waals surface area contributed by atoms with Crippen LogP contribution in [0, 0.1) is 6.92 Å². The van der Waals surface area contributed by atoms with Crippen molar-refractivity contribution in [1.29, 1.82) is 0 Å². The van der Waals surface area contributed by atoms with Gasteiger partial charge in [0.05, 0.1) is 11.3 Å². The van der Waals surface area contributed by atoms with Gasteiger partial charge in [0, 0.05) is 12.4 Å². The van der Waals surface area contributed by atoms with Crippen molar-refractivity contribution < 1.29 is 9.90 Å². The Kier molecular flexibility index (Phi) is 2.36. The normalized spacial score (nSPS) is 10.3. The maximum atomic E-state index is 11.3. The molecule has 5 heteroatoms. The van der Waals surface area contributed by atoms with E-state index in [-0.39, 0.29) is 11.3 Å². The quantitative estimate of drug-likeness (QED) is 0.794. The van der Waals surface area contributed by atoms with Crippen LogP contribution in [0.4, 0.5) is 0 Å². The van der Waals surface area contributed by atoms with Gasteiger partial charge < -0.3 is 10.1 Å². The summed E-state index contributed by atoms with van der Waals surface area (Å²) in [7, 11) is 0. The number of rotatable bonds is 2. The lowest BCUT2D eigenvalue weighted by Crippen LogP contribution is -2.14. The van der Waals surface area contributed by atoms with E-state index in [1.165, 1.54) is 16.8 Å². The number of hydrogen-bond donors (Lipinski definition) is 2. The molecule has 0 aliphatic heterocycles. The number of H-pyrrole nitrogens is 1. The van der Waals surface area contributed by atoms with E-state index in [2.05, 4.69) is 4.98 Å². The Morgan fingerprint density at radius 1 is 1.44 bits per heavy atom. The average molecular weight is 218 g/mol. The monoisotopic (exact) mass is 218 g/mol. The average Bonchev–Trinajstić information content (AvgIpc) is 2.63. The largest absolute Gasteiger partial charge is 0.478 e. The summed E-state index contributed by atoms with van der Waals surface area (Å²) in [6.07, 6.45) is 3.13. The van der Waals surface area contributed by atoms with Crippen LogP contribution in [0.15, 0.2) is 35.4 Å². The maximum Gasteiger partial charge on any atom is 0.335 e. The molecule has 1 aromatic carbocycles. The number of nitrogens with zero attached hydrogens (tertiary/aromatic N) is 1. The molecule has 0 saturated heterocycles. The first-order valence-electron chi connectivity index (χ1n) is 4.70. The number of carboxylic acid groups (broad SMARTS) is 1. The number of hydrogen-bond acceptors (Lipinski definition) is 2. The number of nitrogens with one attached hydrogen (secondary N) is 1. The van der Waals surface area contributed by atoms with Crippen molar-refractivity contribution in [2.75, 3.05) is 0 Å². The molecule has 1 heterocycles. The first kappa shape index (κ1) is 10.2. The van der Waals surface area contributed by atoms with Crippen LogP contribution in [-0.4, -0.2) is 20.6 Å². The molecule has 82 valence electrons. The van der Waals surface area contributed by atoms with Crippen LogP contribution in [0.5, 0.6) is 0 Å². The van der Waals surface area contributed by atoms with Crippen LogP contribution >= 0.6 is 0 Å². The number of carbonyl (C=O) groups is 1. The smallest absolute Gasteiger partial charge is 0.335 e. The molecule has 0 saturated carbocycles. The van der Waals surface area contributed by atoms with Gasteiger partial charge in [-0.25, -0.2) is 9.59 Å². The zero-order valence-corrected chi connectivity index (χ0v) is 8.60. The minimum atomic E-state index is -0.967. The second kappa shape index (κ2) is 3.69. The first-order valence-corrected chi connectivity index (χ1v) is 4.70. The Hall–Kier alpha value is -2.30. The lowest BCUT2D eigenvalue weighted by Gasteiger charge is -2.05. The number of aromatic carboxylic acids is 1. The molecule has 0 bridgehead atoms. The molecule has 16 heavy (non-hydrogen) atoms. The number of benzene rings is 1. The third kappa shape index (κ3) is 1.63. The molecule has 0 unspecified atom stereocenters. The third-order valence-corrected chi connectivity index (χ3v) is 2.37. The number of aromatic amines is 1. The minimum Gasteiger partial charge on any atom is -0.478 e. The summed E-state index contributed by atoms with van der Waals surface area (Å²) in [6.45, 7) is 1.70. The van der Waals surface area contributed by atoms with E-state index >= 15 is 0 Å². The van der Waals surface area contributed by atoms with Crippen LogP contribution < -0.4 is 5.69 Å². The number of carboxylic acids is 1. The lowest BCUT2D eigenvalue weighted by atomic mass is 10.1. The molecular formula is C11H10N2O3. The van der Waals surface area contributed by atoms with Crippen molar-refractivity contribution >= 4 is 5.97 Å². The molecule has 0 fully saturated rings. The van der Waals surface area contributed by atoms with E-state index in [4.69, 9.17) is 5.11 Å². The second-order valence-corrected chi connectivity index (χ2v) is 3.44. The van der Waals surface area contributed by atoms with Crippen molar-refractivity contribution in [3.05, 3.63) is 52.2 Å². The lowest BCUT2D eigenvalue weighted by molar-refractivity contribution is 0.0696. The van der Waals surface area contributed by atoms with Crippen molar-refractivity contribution in [3.8, 4) is 5.69 Å². The Morgan fingerprint density at radius 2 is 2.19 bits per heavy atom. The molecule has 0 aliphatic carbocycles. The predicted molar refractivity (Wildman–Crippen MR) is 58.1 cm³/mol. The summed E-state index contributed by atoms with van der Waals surface area (Å²) in [5.41, 5.74) is 1.27. The highest BCUT2D eigenvalue weighted by Gasteiger charge is 2.08. The Bertz CT molecular complexity index is 595. The second-order valence-electron chi connectivity index (χ2n) is 3.44. The van der Waals surface area contributed by atoms with Gasteiger partial charge in [-0.15, -0.1) is 0 Å². The van der Waals surface area contributed by atoms with Crippen LogP contribution in [0.2, 0.25) is 0 Å². The summed E-state index contributed by atoms with van der Waals surface area (Å²) >= 11 is 0. The maximum absolute atomic E-state index is 11.3.